The summed E-state index contributed by atoms with van der Waals surface area (Å²) in [6.45, 7) is 3.61. The fourth-order valence-corrected chi connectivity index (χ4v) is 3.18. The van der Waals surface area contributed by atoms with Gasteiger partial charge in [0.15, 0.2) is 0 Å². The van der Waals surface area contributed by atoms with Crippen molar-refractivity contribution in [2.75, 3.05) is 18.4 Å². The number of carbonyl (C=O) groups excluding carboxylic acids is 1. The molecule has 1 saturated heterocycles. The molecular formula is C17H24N4O. The molecule has 1 aliphatic carbocycles. The van der Waals surface area contributed by atoms with Crippen LogP contribution in [0.2, 0.25) is 0 Å². The van der Waals surface area contributed by atoms with E-state index in [2.05, 4.69) is 27.7 Å². The average molecular weight is 300 g/mol. The fourth-order valence-electron chi connectivity index (χ4n) is 3.18. The Morgan fingerprint density at radius 3 is 2.73 bits per heavy atom. The first-order valence-corrected chi connectivity index (χ1v) is 8.22. The van der Waals surface area contributed by atoms with Crippen molar-refractivity contribution in [2.45, 2.75) is 45.1 Å². The van der Waals surface area contributed by atoms with Crippen molar-refractivity contribution in [2.24, 2.45) is 5.92 Å². The highest BCUT2D eigenvalue weighted by Crippen LogP contribution is 2.23. The Hall–Kier alpha value is -1.91. The van der Waals surface area contributed by atoms with Crippen molar-refractivity contribution in [3.63, 3.8) is 0 Å². The largest absolute Gasteiger partial charge is 0.366 e. The van der Waals surface area contributed by atoms with Crippen LogP contribution in [0.1, 0.15) is 37.8 Å². The van der Waals surface area contributed by atoms with E-state index < -0.39 is 0 Å². The van der Waals surface area contributed by atoms with Gasteiger partial charge in [-0.05, 0) is 50.7 Å². The van der Waals surface area contributed by atoms with Crippen LogP contribution in [-0.2, 0) is 4.79 Å². The van der Waals surface area contributed by atoms with Crippen molar-refractivity contribution in [3.05, 3.63) is 30.0 Å². The molecular weight excluding hydrogens is 276 g/mol. The summed E-state index contributed by atoms with van der Waals surface area (Å²) >= 11 is 0. The van der Waals surface area contributed by atoms with Crippen LogP contribution in [-0.4, -0.2) is 40.1 Å². The minimum atomic E-state index is 0.310. The van der Waals surface area contributed by atoms with Gasteiger partial charge in [0, 0.05) is 25.6 Å². The van der Waals surface area contributed by atoms with Gasteiger partial charge in [0.05, 0.1) is 5.69 Å². The van der Waals surface area contributed by atoms with Crippen molar-refractivity contribution in [3.8, 4) is 0 Å². The number of hydrogen-bond donors (Lipinski definition) is 1. The van der Waals surface area contributed by atoms with Gasteiger partial charge in [-0.3, -0.25) is 4.79 Å². The number of carbonyl (C=O) groups is 1. The van der Waals surface area contributed by atoms with Crippen LogP contribution >= 0.6 is 0 Å². The summed E-state index contributed by atoms with van der Waals surface area (Å²) in [5.41, 5.74) is 0.923. The van der Waals surface area contributed by atoms with E-state index in [1.54, 1.807) is 0 Å². The van der Waals surface area contributed by atoms with Gasteiger partial charge < -0.3 is 10.2 Å². The average Bonchev–Trinajstić information content (AvgIpc) is 3.03. The number of anilines is 1. The van der Waals surface area contributed by atoms with Crippen LogP contribution in [0.3, 0.4) is 0 Å². The topological polar surface area (TPSA) is 58.1 Å². The molecule has 118 valence electrons. The summed E-state index contributed by atoms with van der Waals surface area (Å²) in [4.78, 5) is 14.3. The maximum Gasteiger partial charge on any atom is 0.223 e. The molecule has 2 heterocycles. The maximum absolute atomic E-state index is 12.3. The highest BCUT2D eigenvalue weighted by molar-refractivity contribution is 5.76. The molecule has 22 heavy (non-hydrogen) atoms. The summed E-state index contributed by atoms with van der Waals surface area (Å²) in [6.07, 6.45) is 9.28. The second-order valence-electron chi connectivity index (χ2n) is 6.33. The number of likely N-dealkylation sites (tertiary alicyclic amines) is 1. The van der Waals surface area contributed by atoms with Gasteiger partial charge in [-0.2, -0.15) is 5.10 Å². The molecule has 0 saturated carbocycles. The van der Waals surface area contributed by atoms with Crippen molar-refractivity contribution in [1.29, 1.82) is 0 Å². The Bertz CT molecular complexity index is 532. The predicted molar refractivity (Wildman–Crippen MR) is 86.5 cm³/mol. The summed E-state index contributed by atoms with van der Waals surface area (Å²) in [7, 11) is 0. The Labute approximate surface area is 131 Å². The van der Waals surface area contributed by atoms with Gasteiger partial charge >= 0.3 is 0 Å². The lowest BCUT2D eigenvalue weighted by molar-refractivity contribution is -0.132. The van der Waals surface area contributed by atoms with Gasteiger partial charge in [0.1, 0.15) is 5.82 Å². The third kappa shape index (κ3) is 3.84. The Kier molecular flexibility index (Phi) is 4.71. The summed E-state index contributed by atoms with van der Waals surface area (Å²) in [6, 6.07) is 4.31. The van der Waals surface area contributed by atoms with Gasteiger partial charge in [-0.1, -0.05) is 12.2 Å². The molecule has 5 nitrogen and oxygen atoms in total. The first-order chi connectivity index (χ1) is 10.7. The lowest BCUT2D eigenvalue weighted by Crippen LogP contribution is -2.42. The number of nitrogens with one attached hydrogen (secondary N) is 1. The second kappa shape index (κ2) is 6.90. The summed E-state index contributed by atoms with van der Waals surface area (Å²) < 4.78 is 0. The molecule has 1 N–H and O–H groups in total. The SMILES string of the molecule is Cc1ccc(NC2CCN(C(=O)C[C@H]3C=CCC3)CC2)nn1. The van der Waals surface area contributed by atoms with Gasteiger partial charge in [0.2, 0.25) is 5.91 Å². The van der Waals surface area contributed by atoms with Crippen LogP contribution in [0.4, 0.5) is 5.82 Å². The number of amides is 1. The zero-order valence-electron chi connectivity index (χ0n) is 13.2. The molecule has 5 heteroatoms. The molecule has 1 aromatic heterocycles. The number of nitrogens with zero attached hydrogens (tertiary/aromatic N) is 3. The highest BCUT2D eigenvalue weighted by atomic mass is 16.2. The fraction of sp³-hybridized carbons (Fsp3) is 0.588. The standard InChI is InChI=1S/C17H24N4O/c1-13-6-7-16(20-19-13)18-15-8-10-21(11-9-15)17(22)12-14-4-2-3-5-14/h2,4,6-7,14-15H,3,5,8-12H2,1H3,(H,18,20)/t14-/m0/s1. The van der Waals surface area contributed by atoms with E-state index in [-0.39, 0.29) is 0 Å². The lowest BCUT2D eigenvalue weighted by atomic mass is 10.0. The number of piperidine rings is 1. The van der Waals surface area contributed by atoms with Gasteiger partial charge in [-0.15, -0.1) is 5.10 Å². The monoisotopic (exact) mass is 300 g/mol. The molecule has 0 spiro atoms. The van der Waals surface area contributed by atoms with Crippen LogP contribution < -0.4 is 5.32 Å². The molecule has 1 atom stereocenters. The molecule has 1 aromatic rings. The maximum atomic E-state index is 12.3. The smallest absolute Gasteiger partial charge is 0.223 e. The minimum Gasteiger partial charge on any atom is -0.366 e. The third-order valence-electron chi connectivity index (χ3n) is 4.55. The van der Waals surface area contributed by atoms with E-state index in [9.17, 15) is 4.79 Å². The van der Waals surface area contributed by atoms with E-state index >= 15 is 0 Å². The number of rotatable bonds is 4. The van der Waals surface area contributed by atoms with E-state index in [1.165, 1.54) is 0 Å². The third-order valence-corrected chi connectivity index (χ3v) is 4.55. The molecule has 0 unspecified atom stereocenters. The van der Waals surface area contributed by atoms with Crippen molar-refractivity contribution < 1.29 is 4.79 Å². The molecule has 0 bridgehead atoms. The van der Waals surface area contributed by atoms with Crippen LogP contribution in [0.15, 0.2) is 24.3 Å². The van der Waals surface area contributed by atoms with E-state index in [1.807, 2.05) is 24.0 Å². The second-order valence-corrected chi connectivity index (χ2v) is 6.33. The van der Waals surface area contributed by atoms with E-state index in [0.29, 0.717) is 24.3 Å². The van der Waals surface area contributed by atoms with Crippen LogP contribution in [0.5, 0.6) is 0 Å². The summed E-state index contributed by atoms with van der Waals surface area (Å²) in [5, 5.41) is 11.6. The first-order valence-electron chi connectivity index (χ1n) is 8.22. The molecule has 2 aliphatic rings. The number of hydrogen-bond acceptors (Lipinski definition) is 4. The number of allylic oxidation sites excluding steroid dienone is 2. The van der Waals surface area contributed by atoms with E-state index in [0.717, 1.165) is 50.3 Å². The Balaban J connectivity index is 1.44. The zero-order chi connectivity index (χ0) is 15.4. The minimum absolute atomic E-state index is 0.310. The van der Waals surface area contributed by atoms with Crippen molar-refractivity contribution >= 4 is 11.7 Å². The van der Waals surface area contributed by atoms with Crippen LogP contribution in [0, 0.1) is 12.8 Å². The lowest BCUT2D eigenvalue weighted by Gasteiger charge is -2.33. The van der Waals surface area contributed by atoms with Crippen molar-refractivity contribution in [1.82, 2.24) is 15.1 Å². The predicted octanol–water partition coefficient (Wildman–Crippen LogP) is 2.54. The number of aromatic nitrogens is 2. The molecule has 1 aliphatic heterocycles. The zero-order valence-corrected chi connectivity index (χ0v) is 13.2. The Morgan fingerprint density at radius 1 is 1.27 bits per heavy atom. The molecule has 1 amide bonds. The van der Waals surface area contributed by atoms with Gasteiger partial charge in [-0.25, -0.2) is 0 Å². The first kappa shape index (κ1) is 15.0. The molecule has 3 rings (SSSR count). The Morgan fingerprint density at radius 2 is 2.09 bits per heavy atom. The quantitative estimate of drug-likeness (QED) is 0.868. The normalized spacial score (nSPS) is 22.0. The molecule has 1 fully saturated rings. The molecule has 0 aromatic carbocycles. The number of aryl methyl sites for hydroxylation is 1. The van der Waals surface area contributed by atoms with Gasteiger partial charge in [0.25, 0.3) is 0 Å². The summed E-state index contributed by atoms with van der Waals surface area (Å²) in [5.74, 6) is 1.60. The van der Waals surface area contributed by atoms with Crippen LogP contribution in [0.25, 0.3) is 0 Å². The highest BCUT2D eigenvalue weighted by Gasteiger charge is 2.24. The van der Waals surface area contributed by atoms with E-state index in [4.69, 9.17) is 0 Å². The molecule has 0 radical (unpaired) electrons.